The van der Waals surface area contributed by atoms with E-state index in [0.717, 1.165) is 50.8 Å². The van der Waals surface area contributed by atoms with Gasteiger partial charge < -0.3 is 21.3 Å². The summed E-state index contributed by atoms with van der Waals surface area (Å²) in [6.07, 6.45) is 11.2. The molecular weight excluding hydrogens is 402 g/mol. The number of nitrogens with one attached hydrogen (secondary N) is 2. The summed E-state index contributed by atoms with van der Waals surface area (Å²) < 4.78 is 6.17. The summed E-state index contributed by atoms with van der Waals surface area (Å²) in [5.41, 5.74) is 14.2. The van der Waals surface area contributed by atoms with Crippen LogP contribution in [0.25, 0.3) is 0 Å². The van der Waals surface area contributed by atoms with Crippen molar-refractivity contribution in [3.05, 3.63) is 0 Å². The number of hydrogen-bond donors (Lipinski definition) is 5. The van der Waals surface area contributed by atoms with Crippen LogP contribution >= 0.6 is 0 Å². The molecule has 4 saturated carbocycles. The second-order valence-electron chi connectivity index (χ2n) is 11.7. The molecule has 7 heteroatoms. The normalized spacial score (nSPS) is 46.2. The Kier molecular flexibility index (Phi) is 6.65. The number of nitrogens with two attached hydrogens (primary N) is 2. The number of guanidine groups is 1. The molecule has 0 radical (unpaired) electrons. The van der Waals surface area contributed by atoms with Gasteiger partial charge in [0, 0.05) is 23.7 Å². The fourth-order valence-electron chi connectivity index (χ4n) is 8.57. The molecule has 0 aromatic carbocycles. The van der Waals surface area contributed by atoms with Crippen molar-refractivity contribution < 1.29 is 9.84 Å². The van der Waals surface area contributed by atoms with Gasteiger partial charge in [0.05, 0.1) is 11.7 Å². The number of nitrogens with zero attached hydrogens (tertiary/aromatic N) is 1. The van der Waals surface area contributed by atoms with Crippen molar-refractivity contribution in [3.8, 4) is 0 Å². The molecule has 0 aromatic heterocycles. The monoisotopic (exact) mass is 447 g/mol. The lowest BCUT2D eigenvalue weighted by atomic mass is 9.43. The number of aliphatic hydroxyl groups is 1. The van der Waals surface area contributed by atoms with E-state index in [9.17, 15) is 5.11 Å². The maximum Gasteiger partial charge on any atom is 0.206 e. The van der Waals surface area contributed by atoms with Crippen LogP contribution in [0.15, 0.2) is 5.10 Å². The Labute approximate surface area is 193 Å². The van der Waals surface area contributed by atoms with Gasteiger partial charge in [0.1, 0.15) is 0 Å². The number of fused-ring (bicyclic) bond motifs is 5. The van der Waals surface area contributed by atoms with Gasteiger partial charge in [0.2, 0.25) is 5.96 Å². The van der Waals surface area contributed by atoms with Crippen LogP contribution < -0.4 is 16.9 Å². The Morgan fingerprint density at radius 3 is 2.62 bits per heavy atom. The molecule has 32 heavy (non-hydrogen) atoms. The highest BCUT2D eigenvalue weighted by molar-refractivity contribution is 5.87. The summed E-state index contributed by atoms with van der Waals surface area (Å²) in [6.45, 7) is 8.32. The minimum atomic E-state index is -0.629. The first-order valence-electron chi connectivity index (χ1n) is 12.8. The fraction of sp³-hybridized carbons (Fsp3) is 0.920. The minimum Gasteiger partial charge on any atom is -0.389 e. The Morgan fingerprint density at radius 2 is 1.91 bits per heavy atom. The van der Waals surface area contributed by atoms with Crippen LogP contribution in [0.1, 0.15) is 85.0 Å². The van der Waals surface area contributed by atoms with Gasteiger partial charge in [-0.05, 0) is 101 Å². The van der Waals surface area contributed by atoms with Gasteiger partial charge in [-0.15, -0.1) is 0 Å². The highest BCUT2D eigenvalue weighted by atomic mass is 16.5. The predicted octanol–water partition coefficient (Wildman–Crippen LogP) is 3.35. The topological polar surface area (TPSA) is 130 Å². The van der Waals surface area contributed by atoms with Gasteiger partial charge in [-0.2, -0.15) is 5.10 Å². The van der Waals surface area contributed by atoms with E-state index in [4.69, 9.17) is 21.6 Å². The minimum absolute atomic E-state index is 0.139. The average molecular weight is 448 g/mol. The van der Waals surface area contributed by atoms with Crippen molar-refractivity contribution in [2.24, 2.45) is 51.1 Å². The van der Waals surface area contributed by atoms with Gasteiger partial charge in [0.25, 0.3) is 0 Å². The van der Waals surface area contributed by atoms with Crippen molar-refractivity contribution in [2.45, 2.75) is 96.7 Å². The lowest BCUT2D eigenvalue weighted by molar-refractivity contribution is -0.208. The Morgan fingerprint density at radius 1 is 1.12 bits per heavy atom. The van der Waals surface area contributed by atoms with E-state index >= 15 is 0 Å². The van der Waals surface area contributed by atoms with E-state index in [2.05, 4.69) is 24.4 Å². The third kappa shape index (κ3) is 3.78. The molecular formula is C25H45N5O2. The molecule has 4 rings (SSSR count). The highest BCUT2D eigenvalue weighted by Crippen LogP contribution is 2.69. The largest absolute Gasteiger partial charge is 0.389 e. The first-order valence-corrected chi connectivity index (χ1v) is 12.8. The zero-order valence-corrected chi connectivity index (χ0v) is 20.3. The van der Waals surface area contributed by atoms with Gasteiger partial charge in [0.15, 0.2) is 0 Å². The highest BCUT2D eigenvalue weighted by Gasteiger charge is 2.67. The van der Waals surface area contributed by atoms with E-state index in [1.807, 2.05) is 6.92 Å². The summed E-state index contributed by atoms with van der Waals surface area (Å²) in [7, 11) is 0. The SMILES string of the molecule is C/C(=N\NC(=N)N)[C@H]1CC[C@]2(O)[C@@H]3CC[C@@H]4C[C@@H](OCCCN)CC[C@]4(C)[C@H]3CC[C@]12C. The third-order valence-corrected chi connectivity index (χ3v) is 10.4. The molecule has 0 aliphatic heterocycles. The molecule has 182 valence electrons. The second kappa shape index (κ2) is 8.88. The molecule has 4 aliphatic rings. The van der Waals surface area contributed by atoms with Crippen molar-refractivity contribution in [1.82, 2.24) is 5.43 Å². The number of ether oxygens (including phenoxy) is 1. The average Bonchev–Trinajstić information content (AvgIpc) is 3.03. The van der Waals surface area contributed by atoms with Crippen molar-refractivity contribution in [2.75, 3.05) is 13.2 Å². The van der Waals surface area contributed by atoms with E-state index in [-0.39, 0.29) is 17.3 Å². The van der Waals surface area contributed by atoms with Crippen molar-refractivity contribution >= 4 is 11.7 Å². The molecule has 4 aliphatic carbocycles. The molecule has 7 nitrogen and oxygen atoms in total. The zero-order valence-electron chi connectivity index (χ0n) is 20.3. The van der Waals surface area contributed by atoms with Gasteiger partial charge >= 0.3 is 0 Å². The molecule has 0 saturated heterocycles. The van der Waals surface area contributed by atoms with Crippen molar-refractivity contribution in [3.63, 3.8) is 0 Å². The molecule has 0 spiro atoms. The lowest BCUT2D eigenvalue weighted by Gasteiger charge is -2.63. The summed E-state index contributed by atoms with van der Waals surface area (Å²) in [5, 5.41) is 24.1. The molecule has 7 N–H and O–H groups in total. The molecule has 4 fully saturated rings. The van der Waals surface area contributed by atoms with Crippen LogP contribution in [-0.4, -0.2) is 41.6 Å². The maximum atomic E-state index is 12.3. The summed E-state index contributed by atoms with van der Waals surface area (Å²) in [6, 6.07) is 0. The zero-order chi connectivity index (χ0) is 23.1. The first kappa shape index (κ1) is 24.0. The molecule has 0 aromatic rings. The van der Waals surface area contributed by atoms with Crippen LogP contribution in [0.4, 0.5) is 0 Å². The lowest BCUT2D eigenvalue weighted by Crippen LogP contribution is -2.62. The Hall–Kier alpha value is -1.18. The smallest absolute Gasteiger partial charge is 0.206 e. The van der Waals surface area contributed by atoms with E-state index < -0.39 is 5.60 Å². The summed E-state index contributed by atoms with van der Waals surface area (Å²) in [4.78, 5) is 0. The van der Waals surface area contributed by atoms with Crippen LogP contribution in [0.5, 0.6) is 0 Å². The maximum absolute atomic E-state index is 12.3. The molecule has 0 heterocycles. The van der Waals surface area contributed by atoms with Crippen molar-refractivity contribution in [1.29, 1.82) is 5.41 Å². The van der Waals surface area contributed by atoms with Crippen LogP contribution in [0.3, 0.4) is 0 Å². The quantitative estimate of drug-likeness (QED) is 0.184. The number of hydrazone groups is 1. The first-order chi connectivity index (χ1) is 15.2. The van der Waals surface area contributed by atoms with Crippen LogP contribution in [-0.2, 0) is 4.74 Å². The van der Waals surface area contributed by atoms with Gasteiger partial charge in [-0.25, -0.2) is 5.43 Å². The van der Waals surface area contributed by atoms with Gasteiger partial charge in [-0.3, -0.25) is 5.41 Å². The standard InChI is InChI=1S/C25H45N5O2/c1-16(29-30-22(27)28)19-9-12-25(31)21-6-5-17-15-18(32-14-4-13-26)7-10-23(17,2)20(21)8-11-24(19,25)3/h17-21,31H,4-15,26H2,1-3H3,(H4,27,28,30)/b29-16+/t17-,18+,19-,20+,21-,23+,24-,25+/m1/s1. The molecule has 0 amide bonds. The third-order valence-electron chi connectivity index (χ3n) is 10.4. The summed E-state index contributed by atoms with van der Waals surface area (Å²) in [5.74, 6) is 1.76. The number of hydrogen-bond acceptors (Lipinski definition) is 5. The van der Waals surface area contributed by atoms with Crippen LogP contribution in [0.2, 0.25) is 0 Å². The predicted molar refractivity (Wildman–Crippen MR) is 128 cm³/mol. The van der Waals surface area contributed by atoms with E-state index in [0.29, 0.717) is 35.8 Å². The van der Waals surface area contributed by atoms with Gasteiger partial charge in [-0.1, -0.05) is 13.8 Å². The van der Waals surface area contributed by atoms with E-state index in [1.54, 1.807) is 0 Å². The van der Waals surface area contributed by atoms with Crippen LogP contribution in [0, 0.1) is 39.9 Å². The van der Waals surface area contributed by atoms with E-state index in [1.165, 1.54) is 25.7 Å². The Bertz CT molecular complexity index is 744. The second-order valence-corrected chi connectivity index (χ2v) is 11.7. The molecule has 0 unspecified atom stereocenters. The number of rotatable bonds is 6. The molecule has 0 bridgehead atoms. The fourth-order valence-corrected chi connectivity index (χ4v) is 8.57. The Balaban J connectivity index is 1.50. The summed E-state index contributed by atoms with van der Waals surface area (Å²) >= 11 is 0. The molecule has 8 atom stereocenters.